The molecule has 9 nitrogen and oxygen atoms in total. The molecule has 0 spiro atoms. The fourth-order valence-electron chi connectivity index (χ4n) is 3.56. The third-order valence-corrected chi connectivity index (χ3v) is 6.61. The zero-order valence-electron chi connectivity index (χ0n) is 18.9. The molecule has 0 saturated heterocycles. The molecule has 2 heterocycles. The molecule has 0 saturated carbocycles. The average molecular weight is 519 g/mol. The minimum Gasteiger partial charge on any atom is -0.494 e. The molecule has 0 aliphatic rings. The van der Waals surface area contributed by atoms with E-state index in [1.165, 1.54) is 43.6 Å². The quantitative estimate of drug-likeness (QED) is 0.318. The second kappa shape index (κ2) is 9.85. The van der Waals surface area contributed by atoms with Gasteiger partial charge >= 0.3 is 0 Å². The number of nitrogens with two attached hydrogens (primary N) is 2. The van der Waals surface area contributed by atoms with Crippen LogP contribution >= 0.6 is 0 Å². The fraction of sp³-hybridized carbons (Fsp3) is 0.174. The minimum atomic E-state index is -3.95. The van der Waals surface area contributed by atoms with Crippen LogP contribution in [0.5, 0.6) is 5.75 Å². The molecule has 4 rings (SSSR count). The van der Waals surface area contributed by atoms with E-state index in [1.807, 2.05) is 0 Å². The molecule has 0 radical (unpaired) electrons. The van der Waals surface area contributed by atoms with Gasteiger partial charge in [0.15, 0.2) is 11.6 Å². The summed E-state index contributed by atoms with van der Waals surface area (Å²) >= 11 is 0. The normalized spacial score (nSPS) is 11.6. The van der Waals surface area contributed by atoms with Crippen molar-refractivity contribution in [2.24, 2.45) is 0 Å². The highest BCUT2D eigenvalue weighted by Gasteiger charge is 2.20. The summed E-state index contributed by atoms with van der Waals surface area (Å²) in [4.78, 5) is 12.4. The fourth-order valence-corrected chi connectivity index (χ4v) is 4.65. The number of hydrogen-bond acceptors (Lipinski definition) is 8. The van der Waals surface area contributed by atoms with Crippen LogP contribution < -0.4 is 20.9 Å². The lowest BCUT2D eigenvalue weighted by Crippen LogP contribution is -2.18. The van der Waals surface area contributed by atoms with E-state index in [4.69, 9.17) is 16.2 Å². The van der Waals surface area contributed by atoms with Crippen molar-refractivity contribution >= 4 is 38.2 Å². The Morgan fingerprint density at radius 2 is 1.86 bits per heavy atom. The highest BCUT2D eigenvalue weighted by Crippen LogP contribution is 2.37. The number of rotatable bonds is 8. The monoisotopic (exact) mass is 518 g/mol. The van der Waals surface area contributed by atoms with Crippen LogP contribution in [0, 0.1) is 11.6 Å². The number of hydrogen-bond donors (Lipinski definition) is 3. The Morgan fingerprint density at radius 1 is 1.08 bits per heavy atom. The van der Waals surface area contributed by atoms with Gasteiger partial charge in [-0.25, -0.2) is 32.2 Å². The van der Waals surface area contributed by atoms with Crippen LogP contribution in [-0.4, -0.2) is 42.9 Å². The van der Waals surface area contributed by atoms with E-state index in [-0.39, 0.29) is 52.0 Å². The van der Waals surface area contributed by atoms with E-state index in [9.17, 15) is 17.2 Å². The van der Waals surface area contributed by atoms with E-state index in [1.54, 1.807) is 0 Å². The summed E-state index contributed by atoms with van der Waals surface area (Å²) in [5.41, 5.74) is 11.9. The molecule has 188 valence electrons. The molecule has 0 aliphatic carbocycles. The minimum absolute atomic E-state index is 0.0128. The standard InChI is InChI=1S/C23H21F3N6O3S/c1-35-18-9-12(13-4-2-5-17(20(13)26)32-36(33,34)7-3-6-24)8-14-21(18)30-23(31-22(14)28)15-11-29-19(27)10-16(15)25/h2,4-5,8-11,32H,3,6-7H2,1H3,(H2,27,29)(H2,28,30,31). The van der Waals surface area contributed by atoms with Crippen LogP contribution in [0.15, 0.2) is 42.6 Å². The van der Waals surface area contributed by atoms with Gasteiger partial charge < -0.3 is 16.2 Å². The smallest absolute Gasteiger partial charge is 0.232 e. The van der Waals surface area contributed by atoms with Crippen molar-refractivity contribution in [2.45, 2.75) is 6.42 Å². The van der Waals surface area contributed by atoms with E-state index in [2.05, 4.69) is 19.7 Å². The van der Waals surface area contributed by atoms with Crippen molar-refractivity contribution in [1.82, 2.24) is 15.0 Å². The Morgan fingerprint density at radius 3 is 2.56 bits per heavy atom. The third-order valence-electron chi connectivity index (χ3n) is 5.25. The van der Waals surface area contributed by atoms with Crippen molar-refractivity contribution in [3.8, 4) is 28.3 Å². The number of alkyl halides is 1. The summed E-state index contributed by atoms with van der Waals surface area (Å²) in [7, 11) is -2.58. The number of benzene rings is 2. The number of fused-ring (bicyclic) bond motifs is 1. The molecular weight excluding hydrogens is 497 g/mol. The first-order valence-electron chi connectivity index (χ1n) is 10.6. The topological polar surface area (TPSA) is 146 Å². The maximum atomic E-state index is 15.3. The molecule has 0 fully saturated rings. The zero-order valence-corrected chi connectivity index (χ0v) is 19.7. The Balaban J connectivity index is 1.82. The second-order valence-electron chi connectivity index (χ2n) is 7.73. The lowest BCUT2D eigenvalue weighted by Gasteiger charge is -2.14. The molecule has 0 amide bonds. The predicted octanol–water partition coefficient (Wildman–Crippen LogP) is 3.91. The van der Waals surface area contributed by atoms with Gasteiger partial charge in [-0.3, -0.25) is 9.11 Å². The van der Waals surface area contributed by atoms with E-state index >= 15 is 4.39 Å². The Kier molecular flexibility index (Phi) is 6.84. The van der Waals surface area contributed by atoms with Gasteiger partial charge in [-0.15, -0.1) is 0 Å². The third kappa shape index (κ3) is 4.96. The largest absolute Gasteiger partial charge is 0.494 e. The number of anilines is 3. The number of aromatic nitrogens is 3. The van der Waals surface area contributed by atoms with E-state index in [0.717, 1.165) is 6.07 Å². The van der Waals surface area contributed by atoms with Gasteiger partial charge in [-0.05, 0) is 30.2 Å². The predicted molar refractivity (Wildman–Crippen MR) is 131 cm³/mol. The van der Waals surface area contributed by atoms with Crippen molar-refractivity contribution in [1.29, 1.82) is 0 Å². The molecule has 0 aliphatic heterocycles. The number of pyridine rings is 1. The summed E-state index contributed by atoms with van der Waals surface area (Å²) in [5, 5.41) is 0.297. The molecule has 13 heteroatoms. The van der Waals surface area contributed by atoms with Crippen molar-refractivity contribution in [3.63, 3.8) is 0 Å². The van der Waals surface area contributed by atoms with Crippen LogP contribution in [0.1, 0.15) is 6.42 Å². The van der Waals surface area contributed by atoms with Gasteiger partial charge in [0.2, 0.25) is 10.0 Å². The number of nitrogens with one attached hydrogen (secondary N) is 1. The molecule has 0 bridgehead atoms. The first kappa shape index (κ1) is 25.0. The maximum Gasteiger partial charge on any atom is 0.232 e. The summed E-state index contributed by atoms with van der Waals surface area (Å²) in [6.07, 6.45) is 0.970. The second-order valence-corrected chi connectivity index (χ2v) is 9.57. The van der Waals surface area contributed by atoms with Gasteiger partial charge in [-0.2, -0.15) is 0 Å². The van der Waals surface area contributed by atoms with Crippen molar-refractivity contribution in [2.75, 3.05) is 35.7 Å². The zero-order chi connectivity index (χ0) is 26.0. The summed E-state index contributed by atoms with van der Waals surface area (Å²) < 4.78 is 74.0. The molecule has 2 aromatic carbocycles. The van der Waals surface area contributed by atoms with Crippen LogP contribution in [0.2, 0.25) is 0 Å². The first-order valence-corrected chi connectivity index (χ1v) is 12.2. The molecular formula is C23H21F3N6O3S. The highest BCUT2D eigenvalue weighted by molar-refractivity contribution is 7.92. The summed E-state index contributed by atoms with van der Waals surface area (Å²) in [5.74, 6) is -1.94. The van der Waals surface area contributed by atoms with Gasteiger partial charge in [0.25, 0.3) is 0 Å². The molecule has 5 N–H and O–H groups in total. The Labute approximate surface area is 204 Å². The van der Waals surface area contributed by atoms with E-state index < -0.39 is 34.1 Å². The molecule has 0 atom stereocenters. The van der Waals surface area contributed by atoms with Crippen LogP contribution in [-0.2, 0) is 10.0 Å². The number of nitrogen functional groups attached to an aromatic ring is 2. The highest BCUT2D eigenvalue weighted by atomic mass is 32.2. The summed E-state index contributed by atoms with van der Waals surface area (Å²) in [6.45, 7) is -0.812. The van der Waals surface area contributed by atoms with Crippen molar-refractivity contribution < 1.29 is 26.3 Å². The van der Waals surface area contributed by atoms with Gasteiger partial charge in [-0.1, -0.05) is 12.1 Å². The molecule has 36 heavy (non-hydrogen) atoms. The number of methoxy groups -OCH3 is 1. The number of halogens is 3. The molecule has 4 aromatic rings. The van der Waals surface area contributed by atoms with Crippen LogP contribution in [0.4, 0.5) is 30.5 Å². The average Bonchev–Trinajstić information content (AvgIpc) is 2.83. The number of ether oxygens (including phenoxy) is 1. The van der Waals surface area contributed by atoms with Gasteiger partial charge in [0, 0.05) is 23.2 Å². The van der Waals surface area contributed by atoms with Gasteiger partial charge in [0.1, 0.15) is 28.7 Å². The lowest BCUT2D eigenvalue weighted by atomic mass is 10.0. The Bertz CT molecular complexity index is 1570. The van der Waals surface area contributed by atoms with Gasteiger partial charge in [0.05, 0.1) is 30.8 Å². The Hall–Kier alpha value is -4.13. The maximum absolute atomic E-state index is 15.3. The molecule has 2 aromatic heterocycles. The first-order chi connectivity index (χ1) is 17.1. The number of nitrogens with zero attached hydrogens (tertiary/aromatic N) is 3. The lowest BCUT2D eigenvalue weighted by molar-refractivity contribution is 0.419. The van der Waals surface area contributed by atoms with Crippen molar-refractivity contribution in [3.05, 3.63) is 54.2 Å². The molecule has 0 unspecified atom stereocenters. The SMILES string of the molecule is COc1cc(-c2cccc(NS(=O)(=O)CCCF)c2F)cc2c(N)nc(-c3cnc(N)cc3F)nc12. The van der Waals surface area contributed by atoms with E-state index in [0.29, 0.717) is 10.9 Å². The summed E-state index contributed by atoms with van der Waals surface area (Å²) in [6, 6.07) is 8.17. The van der Waals surface area contributed by atoms with Crippen LogP contribution in [0.25, 0.3) is 33.4 Å². The number of sulfonamides is 1. The van der Waals surface area contributed by atoms with Crippen LogP contribution in [0.3, 0.4) is 0 Å².